The van der Waals surface area contributed by atoms with Crippen LogP contribution in [-0.2, 0) is 14.6 Å². The van der Waals surface area contributed by atoms with Crippen LogP contribution < -0.4 is 31.7 Å². The molecule has 3 aliphatic heterocycles. The molecular formula is C29H48N8O4S. The van der Waals surface area contributed by atoms with Gasteiger partial charge in [-0.05, 0) is 45.2 Å². The number of nitrogens with zero attached hydrogens (tertiary/aromatic N) is 3. The van der Waals surface area contributed by atoms with Crippen LogP contribution in [0.4, 0.5) is 5.69 Å². The third-order valence-electron chi connectivity index (χ3n) is 8.95. The zero-order valence-corrected chi connectivity index (χ0v) is 26.4. The Labute approximate surface area is 250 Å². The van der Waals surface area contributed by atoms with Crippen LogP contribution in [0.15, 0.2) is 34.6 Å². The fourth-order valence-electron chi connectivity index (χ4n) is 7.06. The number of sulfone groups is 1. The minimum atomic E-state index is -3.55. The van der Waals surface area contributed by atoms with Crippen molar-refractivity contribution in [1.29, 1.82) is 0 Å². The Hall–Kier alpha value is -2.74. The van der Waals surface area contributed by atoms with Crippen molar-refractivity contribution in [3.05, 3.63) is 29.7 Å². The number of hydrogen-bond donors (Lipinski definition) is 5. The number of carbonyl (C=O) groups is 1. The van der Waals surface area contributed by atoms with E-state index in [4.69, 9.17) is 10.5 Å². The lowest BCUT2D eigenvalue weighted by Crippen LogP contribution is -2.76. The second kappa shape index (κ2) is 12.1. The standard InChI is InChI=1S/C29H48N8O4S/c1-6-21-18-35(4)26-27(37(21)22-9-7-8-10-22)33-29(30,34-28(26)38)32-24-12-11-23(15-25(24)41-5)42(39,40)14-13-36-16-19(2)31-20(3)17-36/h11-12,15,19-22,31-33H,6-10,13-14,16-18,30H2,1-5H3,(H,34,38)/t19?,20?,21?,29-/m1/s1. The number of piperazine rings is 1. The highest BCUT2D eigenvalue weighted by molar-refractivity contribution is 7.91. The molecule has 12 nitrogen and oxygen atoms in total. The molecule has 3 heterocycles. The number of hydrogen-bond acceptors (Lipinski definition) is 11. The predicted molar refractivity (Wildman–Crippen MR) is 163 cm³/mol. The van der Waals surface area contributed by atoms with Gasteiger partial charge in [0.25, 0.3) is 5.91 Å². The van der Waals surface area contributed by atoms with Crippen molar-refractivity contribution in [3.8, 4) is 5.75 Å². The first-order valence-corrected chi connectivity index (χ1v) is 16.9. The van der Waals surface area contributed by atoms with E-state index >= 15 is 0 Å². The smallest absolute Gasteiger partial charge is 0.275 e. The average Bonchev–Trinajstić information content (AvgIpc) is 3.45. The molecule has 1 aliphatic carbocycles. The summed E-state index contributed by atoms with van der Waals surface area (Å²) in [5.41, 5.74) is 7.81. The number of likely N-dealkylation sites (N-methyl/N-ethyl adjacent to an activating group) is 1. The van der Waals surface area contributed by atoms with Gasteiger partial charge in [-0.2, -0.15) is 0 Å². The van der Waals surface area contributed by atoms with Gasteiger partial charge in [-0.3, -0.25) is 20.7 Å². The molecule has 1 aromatic carbocycles. The van der Waals surface area contributed by atoms with E-state index < -0.39 is 15.7 Å². The first-order chi connectivity index (χ1) is 19.9. The fraction of sp³-hybridized carbons (Fsp3) is 0.690. The largest absolute Gasteiger partial charge is 0.495 e. The van der Waals surface area contributed by atoms with Crippen molar-refractivity contribution in [1.82, 2.24) is 30.7 Å². The summed E-state index contributed by atoms with van der Waals surface area (Å²) in [6.07, 6.45) is 5.47. The Balaban J connectivity index is 1.35. The maximum Gasteiger partial charge on any atom is 0.275 e. The Morgan fingerprint density at radius 2 is 1.81 bits per heavy atom. The lowest BCUT2D eigenvalue weighted by Gasteiger charge is -2.52. The maximum atomic E-state index is 13.5. The quantitative estimate of drug-likeness (QED) is 0.258. The molecule has 3 unspecified atom stereocenters. The summed E-state index contributed by atoms with van der Waals surface area (Å²) in [4.78, 5) is 20.2. The third kappa shape index (κ3) is 6.29. The summed E-state index contributed by atoms with van der Waals surface area (Å²) in [7, 11) is -0.130. The zero-order chi connectivity index (χ0) is 30.2. The van der Waals surface area contributed by atoms with E-state index in [0.717, 1.165) is 44.7 Å². The van der Waals surface area contributed by atoms with Crippen LogP contribution in [-0.4, -0.2) is 105 Å². The molecule has 0 bridgehead atoms. The van der Waals surface area contributed by atoms with Crippen LogP contribution in [0.5, 0.6) is 5.75 Å². The van der Waals surface area contributed by atoms with E-state index in [-0.39, 0.29) is 22.6 Å². The van der Waals surface area contributed by atoms with Crippen molar-refractivity contribution < 1.29 is 17.9 Å². The molecule has 0 aromatic heterocycles. The number of rotatable bonds is 9. The summed E-state index contributed by atoms with van der Waals surface area (Å²) < 4.78 is 32.2. The lowest BCUT2D eigenvalue weighted by atomic mass is 10.0. The number of amides is 1. The molecule has 6 N–H and O–H groups in total. The average molecular weight is 605 g/mol. The SMILES string of the molecule is CCC1CN(C)C2=C(N[C@@](N)(Nc3ccc(S(=O)(=O)CCN4CC(C)NC(C)C4)cc3OC)NC2=O)N1C1CCCC1. The molecule has 13 heteroatoms. The van der Waals surface area contributed by atoms with Crippen molar-refractivity contribution >= 4 is 21.4 Å². The minimum absolute atomic E-state index is 0.0147. The van der Waals surface area contributed by atoms with Crippen molar-refractivity contribution in [2.45, 2.75) is 87.8 Å². The van der Waals surface area contributed by atoms with Gasteiger partial charge in [-0.15, -0.1) is 0 Å². The van der Waals surface area contributed by atoms with E-state index in [2.05, 4.69) is 51.8 Å². The zero-order valence-electron chi connectivity index (χ0n) is 25.6. The maximum absolute atomic E-state index is 13.5. The van der Waals surface area contributed by atoms with Crippen LogP contribution in [0.2, 0.25) is 0 Å². The van der Waals surface area contributed by atoms with Gasteiger partial charge in [0.05, 0.1) is 23.4 Å². The molecule has 4 aliphatic rings. The highest BCUT2D eigenvalue weighted by Crippen LogP contribution is 2.36. The van der Waals surface area contributed by atoms with Crippen LogP contribution in [0.25, 0.3) is 0 Å². The Morgan fingerprint density at radius 3 is 2.45 bits per heavy atom. The highest BCUT2D eigenvalue weighted by atomic mass is 32.2. The van der Waals surface area contributed by atoms with E-state index in [1.165, 1.54) is 26.0 Å². The van der Waals surface area contributed by atoms with Gasteiger partial charge >= 0.3 is 0 Å². The molecule has 0 spiro atoms. The van der Waals surface area contributed by atoms with Crippen LogP contribution in [0.1, 0.15) is 52.9 Å². The number of anilines is 1. The van der Waals surface area contributed by atoms with E-state index in [0.29, 0.717) is 41.8 Å². The summed E-state index contributed by atoms with van der Waals surface area (Å²) in [6.45, 7) is 9.25. The molecule has 4 atom stereocenters. The monoisotopic (exact) mass is 604 g/mol. The molecule has 0 radical (unpaired) electrons. The Kier molecular flexibility index (Phi) is 8.85. The number of carbonyl (C=O) groups excluding carboxylic acids is 1. The van der Waals surface area contributed by atoms with Gasteiger partial charge in [-0.1, -0.05) is 19.8 Å². The van der Waals surface area contributed by atoms with E-state index in [1.807, 2.05) is 11.9 Å². The van der Waals surface area contributed by atoms with Gasteiger partial charge in [0.15, 0.2) is 9.84 Å². The van der Waals surface area contributed by atoms with Gasteiger partial charge in [-0.25, -0.2) is 8.42 Å². The lowest BCUT2D eigenvalue weighted by molar-refractivity contribution is -0.123. The highest BCUT2D eigenvalue weighted by Gasteiger charge is 2.46. The van der Waals surface area contributed by atoms with Crippen LogP contribution in [0.3, 0.4) is 0 Å². The number of benzene rings is 1. The number of methoxy groups -OCH3 is 1. The molecule has 234 valence electrons. The Bertz CT molecular complexity index is 1290. The second-order valence-corrected chi connectivity index (χ2v) is 14.5. The molecule has 2 fully saturated rings. The molecule has 42 heavy (non-hydrogen) atoms. The number of ether oxygens (including phenoxy) is 1. The summed E-state index contributed by atoms with van der Waals surface area (Å²) in [5, 5.41) is 13.0. The van der Waals surface area contributed by atoms with E-state index in [9.17, 15) is 13.2 Å². The molecule has 5 rings (SSSR count). The first-order valence-electron chi connectivity index (χ1n) is 15.2. The summed E-state index contributed by atoms with van der Waals surface area (Å²) in [5.74, 6) is -0.724. The molecule has 1 saturated carbocycles. The van der Waals surface area contributed by atoms with Crippen LogP contribution in [0, 0.1) is 0 Å². The van der Waals surface area contributed by atoms with Crippen LogP contribution >= 0.6 is 0 Å². The fourth-order valence-corrected chi connectivity index (χ4v) is 8.36. The number of nitrogens with one attached hydrogen (secondary N) is 4. The van der Waals surface area contributed by atoms with E-state index in [1.54, 1.807) is 12.1 Å². The topological polar surface area (TPSA) is 144 Å². The van der Waals surface area contributed by atoms with Gasteiger partial charge in [0, 0.05) is 63.5 Å². The summed E-state index contributed by atoms with van der Waals surface area (Å²) >= 11 is 0. The second-order valence-electron chi connectivity index (χ2n) is 12.4. The van der Waals surface area contributed by atoms with Gasteiger partial charge in [0.2, 0.25) is 5.91 Å². The molecule has 1 saturated heterocycles. The van der Waals surface area contributed by atoms with Gasteiger partial charge in [0.1, 0.15) is 17.3 Å². The number of nitrogens with two attached hydrogens (primary N) is 1. The van der Waals surface area contributed by atoms with Crippen molar-refractivity contribution in [3.63, 3.8) is 0 Å². The van der Waals surface area contributed by atoms with Gasteiger partial charge < -0.3 is 30.5 Å². The Morgan fingerprint density at radius 1 is 1.12 bits per heavy atom. The minimum Gasteiger partial charge on any atom is -0.495 e. The molecular weight excluding hydrogens is 556 g/mol. The summed E-state index contributed by atoms with van der Waals surface area (Å²) in [6, 6.07) is 5.97. The molecule has 1 amide bonds. The normalized spacial score (nSPS) is 29.3. The predicted octanol–water partition coefficient (Wildman–Crippen LogP) is 0.990. The molecule has 1 aromatic rings. The van der Waals surface area contributed by atoms with Crippen molar-refractivity contribution in [2.75, 3.05) is 51.4 Å². The van der Waals surface area contributed by atoms with Crippen molar-refractivity contribution in [2.24, 2.45) is 5.73 Å². The first kappa shape index (κ1) is 30.7. The third-order valence-corrected chi connectivity index (χ3v) is 10.6.